The molecule has 0 fully saturated rings. The second kappa shape index (κ2) is 4.62. The zero-order valence-electron chi connectivity index (χ0n) is 11.0. The number of hydrogen-bond acceptors (Lipinski definition) is 6. The van der Waals surface area contributed by atoms with E-state index in [1.165, 1.54) is 0 Å². The van der Waals surface area contributed by atoms with E-state index in [2.05, 4.69) is 27.4 Å². The molecule has 1 N–H and O–H groups in total. The number of thiophene rings is 1. The maximum atomic E-state index is 5.21. The van der Waals surface area contributed by atoms with Gasteiger partial charge in [0.05, 0.1) is 22.0 Å². The number of rotatable bonds is 3. The summed E-state index contributed by atoms with van der Waals surface area (Å²) in [5.41, 5.74) is 2.96. The third-order valence-corrected chi connectivity index (χ3v) is 4.03. The van der Waals surface area contributed by atoms with Gasteiger partial charge in [0, 0.05) is 5.56 Å². The van der Waals surface area contributed by atoms with Crippen LogP contribution < -0.4 is 5.32 Å². The molecular formula is C13H14N4OS. The highest BCUT2D eigenvalue weighted by atomic mass is 32.1. The smallest absolute Gasteiger partial charge is 0.147 e. The van der Waals surface area contributed by atoms with Crippen molar-refractivity contribution in [2.24, 2.45) is 0 Å². The average molecular weight is 274 g/mol. The lowest BCUT2D eigenvalue weighted by Crippen LogP contribution is -2.09. The van der Waals surface area contributed by atoms with Crippen molar-refractivity contribution in [1.82, 2.24) is 15.1 Å². The number of nitrogens with one attached hydrogen (secondary N) is 1. The Hall–Kier alpha value is -1.95. The van der Waals surface area contributed by atoms with E-state index < -0.39 is 0 Å². The molecular weight excluding hydrogens is 260 g/mol. The van der Waals surface area contributed by atoms with E-state index in [1.807, 2.05) is 25.3 Å². The Balaban J connectivity index is 1.95. The van der Waals surface area contributed by atoms with Crippen molar-refractivity contribution in [2.75, 3.05) is 5.32 Å². The minimum Gasteiger partial charge on any atom is -0.362 e. The Morgan fingerprint density at radius 2 is 2.16 bits per heavy atom. The summed E-state index contributed by atoms with van der Waals surface area (Å²) in [6.45, 7) is 5.95. The van der Waals surface area contributed by atoms with Crippen LogP contribution >= 0.6 is 11.3 Å². The van der Waals surface area contributed by atoms with Gasteiger partial charge in [-0.05, 0) is 32.2 Å². The van der Waals surface area contributed by atoms with Gasteiger partial charge in [0.25, 0.3) is 0 Å². The van der Waals surface area contributed by atoms with Gasteiger partial charge in [-0.2, -0.15) is 0 Å². The molecule has 0 aliphatic heterocycles. The molecule has 1 atom stereocenters. The second-order valence-electron chi connectivity index (χ2n) is 4.46. The molecule has 98 valence electrons. The number of nitrogens with zero attached hydrogens (tertiary/aromatic N) is 3. The molecule has 3 heterocycles. The highest BCUT2D eigenvalue weighted by molar-refractivity contribution is 7.17. The highest BCUT2D eigenvalue weighted by Gasteiger charge is 2.17. The van der Waals surface area contributed by atoms with Crippen molar-refractivity contribution in [3.8, 4) is 0 Å². The molecule has 0 aliphatic rings. The van der Waals surface area contributed by atoms with Crippen LogP contribution in [0.3, 0.4) is 0 Å². The fourth-order valence-corrected chi connectivity index (χ4v) is 3.07. The fraction of sp³-hybridized carbons (Fsp3) is 0.308. The van der Waals surface area contributed by atoms with Gasteiger partial charge in [0.1, 0.15) is 17.9 Å². The number of fused-ring (bicyclic) bond motifs is 1. The fourth-order valence-electron chi connectivity index (χ4n) is 2.28. The summed E-state index contributed by atoms with van der Waals surface area (Å²) < 4.78 is 6.28. The summed E-state index contributed by atoms with van der Waals surface area (Å²) >= 11 is 1.64. The van der Waals surface area contributed by atoms with Gasteiger partial charge in [0.15, 0.2) is 0 Å². The monoisotopic (exact) mass is 274 g/mol. The molecule has 1 unspecified atom stereocenters. The summed E-state index contributed by atoms with van der Waals surface area (Å²) in [6, 6.07) is 2.08. The Morgan fingerprint density at radius 3 is 2.89 bits per heavy atom. The van der Waals surface area contributed by atoms with Gasteiger partial charge < -0.3 is 9.84 Å². The van der Waals surface area contributed by atoms with E-state index in [0.717, 1.165) is 33.1 Å². The topological polar surface area (TPSA) is 63.8 Å². The van der Waals surface area contributed by atoms with Crippen LogP contribution in [0, 0.1) is 13.8 Å². The van der Waals surface area contributed by atoms with E-state index in [0.29, 0.717) is 0 Å². The summed E-state index contributed by atoms with van der Waals surface area (Å²) in [7, 11) is 0. The largest absolute Gasteiger partial charge is 0.362 e. The van der Waals surface area contributed by atoms with Gasteiger partial charge in [-0.1, -0.05) is 5.16 Å². The van der Waals surface area contributed by atoms with Crippen molar-refractivity contribution in [2.45, 2.75) is 26.8 Å². The van der Waals surface area contributed by atoms with E-state index >= 15 is 0 Å². The van der Waals surface area contributed by atoms with Crippen LogP contribution in [0.1, 0.15) is 30.0 Å². The number of hydrogen-bond donors (Lipinski definition) is 1. The lowest BCUT2D eigenvalue weighted by Gasteiger charge is -2.14. The number of aryl methyl sites for hydroxylation is 2. The second-order valence-corrected chi connectivity index (χ2v) is 5.38. The van der Waals surface area contributed by atoms with Gasteiger partial charge in [-0.15, -0.1) is 11.3 Å². The number of anilines is 1. The van der Waals surface area contributed by atoms with Crippen LogP contribution in [0.25, 0.3) is 10.2 Å². The van der Waals surface area contributed by atoms with Gasteiger partial charge >= 0.3 is 0 Å². The third-order valence-electron chi connectivity index (χ3n) is 3.12. The van der Waals surface area contributed by atoms with Crippen molar-refractivity contribution < 1.29 is 4.52 Å². The Labute approximate surface area is 114 Å². The summed E-state index contributed by atoms with van der Waals surface area (Å²) in [5.74, 6) is 1.70. The van der Waals surface area contributed by atoms with Gasteiger partial charge in [-0.25, -0.2) is 9.97 Å². The van der Waals surface area contributed by atoms with Crippen LogP contribution in [0.5, 0.6) is 0 Å². The standard InChI is InChI=1S/C13H14N4OS/c1-7(11-8(2)17-18-9(11)3)16-13-12-10(4-5-19-12)14-6-15-13/h4-7H,1-3H3,(H,14,15,16). The maximum Gasteiger partial charge on any atom is 0.147 e. The van der Waals surface area contributed by atoms with E-state index in [1.54, 1.807) is 17.7 Å². The van der Waals surface area contributed by atoms with Crippen LogP contribution in [0.4, 0.5) is 5.82 Å². The van der Waals surface area contributed by atoms with E-state index in [-0.39, 0.29) is 6.04 Å². The third kappa shape index (κ3) is 2.08. The maximum absolute atomic E-state index is 5.21. The molecule has 19 heavy (non-hydrogen) atoms. The molecule has 0 aromatic carbocycles. The van der Waals surface area contributed by atoms with E-state index in [9.17, 15) is 0 Å². The predicted molar refractivity (Wildman–Crippen MR) is 75.4 cm³/mol. The van der Waals surface area contributed by atoms with Crippen LogP contribution in [0.15, 0.2) is 22.3 Å². The van der Waals surface area contributed by atoms with Crippen molar-refractivity contribution in [3.63, 3.8) is 0 Å². The molecule has 3 aromatic heterocycles. The first-order valence-electron chi connectivity index (χ1n) is 6.04. The molecule has 0 amide bonds. The normalized spacial score (nSPS) is 12.8. The lowest BCUT2D eigenvalue weighted by molar-refractivity contribution is 0.392. The van der Waals surface area contributed by atoms with Crippen molar-refractivity contribution >= 4 is 27.4 Å². The molecule has 6 heteroatoms. The first-order chi connectivity index (χ1) is 9.16. The predicted octanol–water partition coefficient (Wildman–Crippen LogP) is 3.47. The molecule has 0 saturated carbocycles. The molecule has 0 radical (unpaired) electrons. The van der Waals surface area contributed by atoms with Crippen molar-refractivity contribution in [3.05, 3.63) is 34.8 Å². The summed E-state index contributed by atoms with van der Waals surface area (Å²) in [4.78, 5) is 8.56. The van der Waals surface area contributed by atoms with Crippen molar-refractivity contribution in [1.29, 1.82) is 0 Å². The molecule has 0 bridgehead atoms. The number of aromatic nitrogens is 3. The molecule has 3 aromatic rings. The van der Waals surface area contributed by atoms with Crippen LogP contribution in [-0.4, -0.2) is 15.1 Å². The zero-order valence-corrected chi connectivity index (χ0v) is 11.8. The Morgan fingerprint density at radius 1 is 1.32 bits per heavy atom. The van der Waals surface area contributed by atoms with Gasteiger partial charge in [0.2, 0.25) is 0 Å². The molecule has 0 aliphatic carbocycles. The quantitative estimate of drug-likeness (QED) is 0.792. The lowest BCUT2D eigenvalue weighted by atomic mass is 10.1. The summed E-state index contributed by atoms with van der Waals surface area (Å²) in [5, 5.41) is 9.42. The molecule has 3 rings (SSSR count). The molecule has 5 nitrogen and oxygen atoms in total. The minimum absolute atomic E-state index is 0.0893. The zero-order chi connectivity index (χ0) is 13.4. The Kier molecular flexibility index (Phi) is 2.94. The Bertz CT molecular complexity index is 699. The van der Waals surface area contributed by atoms with Gasteiger partial charge in [-0.3, -0.25) is 0 Å². The molecule has 0 spiro atoms. The SMILES string of the molecule is Cc1noc(C)c1C(C)Nc1ncnc2ccsc12. The highest BCUT2D eigenvalue weighted by Crippen LogP contribution is 2.29. The van der Waals surface area contributed by atoms with Crippen LogP contribution in [0.2, 0.25) is 0 Å². The first kappa shape index (κ1) is 12.1. The minimum atomic E-state index is 0.0893. The van der Waals surface area contributed by atoms with E-state index in [4.69, 9.17) is 4.52 Å². The summed E-state index contributed by atoms with van der Waals surface area (Å²) in [6.07, 6.45) is 1.58. The first-order valence-corrected chi connectivity index (χ1v) is 6.92. The molecule has 0 saturated heterocycles. The van der Waals surface area contributed by atoms with Crippen LogP contribution in [-0.2, 0) is 0 Å². The average Bonchev–Trinajstić information content (AvgIpc) is 2.97.